The van der Waals surface area contributed by atoms with Crippen molar-refractivity contribution < 1.29 is 8.42 Å². The number of sulfonamides is 1. The summed E-state index contributed by atoms with van der Waals surface area (Å²) in [5.74, 6) is 0.111. The van der Waals surface area contributed by atoms with E-state index in [4.69, 9.17) is 11.6 Å². The summed E-state index contributed by atoms with van der Waals surface area (Å²) in [6.45, 7) is 3.84. The summed E-state index contributed by atoms with van der Waals surface area (Å²) in [4.78, 5) is 0. The molecule has 0 saturated carbocycles. The van der Waals surface area contributed by atoms with E-state index >= 15 is 0 Å². The number of alkyl halides is 1. The second-order valence-electron chi connectivity index (χ2n) is 2.26. The molecule has 0 aliphatic heterocycles. The molecule has 0 aromatic rings. The van der Waals surface area contributed by atoms with Gasteiger partial charge in [-0.1, -0.05) is 6.92 Å². The Bertz CT molecular complexity index is 191. The summed E-state index contributed by atoms with van der Waals surface area (Å²) >= 11 is 5.70. The van der Waals surface area contributed by atoms with Gasteiger partial charge in [0, 0.05) is 11.9 Å². The Morgan fingerprint density at radius 2 is 2.00 bits per heavy atom. The zero-order valence-corrected chi connectivity index (χ0v) is 8.37. The van der Waals surface area contributed by atoms with E-state index in [2.05, 4.69) is 4.72 Å². The zero-order chi connectivity index (χ0) is 8.91. The number of nitrogens with one attached hydrogen (secondary N) is 1. The normalized spacial score (nSPS) is 14.8. The number of hydrogen-bond acceptors (Lipinski definition) is 2. The van der Waals surface area contributed by atoms with Gasteiger partial charge in [-0.25, -0.2) is 13.1 Å². The summed E-state index contributed by atoms with van der Waals surface area (Å²) in [5.41, 5.74) is 0. The summed E-state index contributed by atoms with van der Waals surface area (Å²) in [6, 6.07) is 0. The Balaban J connectivity index is 3.71. The molecule has 0 radical (unpaired) electrons. The van der Waals surface area contributed by atoms with Crippen molar-refractivity contribution in [3.8, 4) is 0 Å². The molecule has 0 aromatic carbocycles. The highest BCUT2D eigenvalue weighted by Gasteiger charge is 2.08. The molecule has 0 amide bonds. The van der Waals surface area contributed by atoms with Gasteiger partial charge in [0.1, 0.15) is 0 Å². The fourth-order valence-corrected chi connectivity index (χ4v) is 1.29. The van der Waals surface area contributed by atoms with E-state index in [9.17, 15) is 8.42 Å². The molecular formula is C6H14ClNO2S. The first-order chi connectivity index (χ1) is 5.02. The summed E-state index contributed by atoms with van der Waals surface area (Å²) in [7, 11) is -3.06. The lowest BCUT2D eigenvalue weighted by atomic mass is 10.3. The molecule has 0 spiro atoms. The minimum atomic E-state index is -3.06. The van der Waals surface area contributed by atoms with Gasteiger partial charge in [-0.15, -0.1) is 11.6 Å². The van der Waals surface area contributed by atoms with Crippen LogP contribution in [0.2, 0.25) is 0 Å². The summed E-state index contributed by atoms with van der Waals surface area (Å²) in [6.07, 6.45) is 0.772. The molecule has 3 nitrogen and oxygen atoms in total. The number of halogens is 1. The van der Waals surface area contributed by atoms with Crippen LogP contribution in [-0.4, -0.2) is 26.1 Å². The quantitative estimate of drug-likeness (QED) is 0.670. The lowest BCUT2D eigenvalue weighted by molar-refractivity contribution is 0.580. The maximum atomic E-state index is 10.8. The Labute approximate surface area is 73.2 Å². The lowest BCUT2D eigenvalue weighted by Crippen LogP contribution is -2.30. The standard InChI is InChI=1S/C6H14ClNO2S/c1-3-6(7)5-8-11(9,10)4-2/h6,8H,3-5H2,1-2H3. The average molecular weight is 200 g/mol. The fourth-order valence-electron chi connectivity index (χ4n) is 0.464. The lowest BCUT2D eigenvalue weighted by Gasteiger charge is -2.07. The van der Waals surface area contributed by atoms with Gasteiger partial charge < -0.3 is 0 Å². The zero-order valence-electron chi connectivity index (χ0n) is 6.80. The molecule has 1 atom stereocenters. The molecule has 0 rings (SSSR count). The molecule has 0 saturated heterocycles. The van der Waals surface area contributed by atoms with E-state index in [-0.39, 0.29) is 11.1 Å². The van der Waals surface area contributed by atoms with Crippen LogP contribution in [-0.2, 0) is 10.0 Å². The molecule has 0 aromatic heterocycles. The van der Waals surface area contributed by atoms with Gasteiger partial charge in [0.2, 0.25) is 10.0 Å². The van der Waals surface area contributed by atoms with Gasteiger partial charge in [0.05, 0.1) is 5.75 Å². The summed E-state index contributed by atoms with van der Waals surface area (Å²) in [5, 5.41) is -0.101. The van der Waals surface area contributed by atoms with E-state index < -0.39 is 10.0 Å². The summed E-state index contributed by atoms with van der Waals surface area (Å²) < 4.78 is 24.1. The van der Waals surface area contributed by atoms with Crippen molar-refractivity contribution in [2.75, 3.05) is 12.3 Å². The second-order valence-corrected chi connectivity index (χ2v) is 4.97. The molecule has 11 heavy (non-hydrogen) atoms. The third-order valence-corrected chi connectivity index (χ3v) is 3.18. The molecule has 1 N–H and O–H groups in total. The SMILES string of the molecule is CCC(Cl)CNS(=O)(=O)CC. The number of hydrogen-bond donors (Lipinski definition) is 1. The topological polar surface area (TPSA) is 46.2 Å². The average Bonchev–Trinajstić information content (AvgIpc) is 2.00. The van der Waals surface area contributed by atoms with Crippen molar-refractivity contribution >= 4 is 21.6 Å². The van der Waals surface area contributed by atoms with E-state index in [0.717, 1.165) is 6.42 Å². The van der Waals surface area contributed by atoms with Crippen molar-refractivity contribution in [3.05, 3.63) is 0 Å². The molecular weight excluding hydrogens is 186 g/mol. The van der Waals surface area contributed by atoms with Crippen LogP contribution in [0.4, 0.5) is 0 Å². The number of rotatable bonds is 5. The van der Waals surface area contributed by atoms with Crippen LogP contribution in [0.25, 0.3) is 0 Å². The molecule has 0 aliphatic carbocycles. The predicted molar refractivity (Wildman–Crippen MR) is 47.4 cm³/mol. The van der Waals surface area contributed by atoms with Crippen molar-refractivity contribution in [2.45, 2.75) is 25.6 Å². The van der Waals surface area contributed by atoms with E-state index in [0.29, 0.717) is 6.54 Å². The van der Waals surface area contributed by atoms with E-state index in [1.165, 1.54) is 0 Å². The van der Waals surface area contributed by atoms with Crippen LogP contribution in [0.3, 0.4) is 0 Å². The first-order valence-corrected chi connectivity index (χ1v) is 5.72. The molecule has 5 heteroatoms. The van der Waals surface area contributed by atoms with Gasteiger partial charge in [-0.05, 0) is 13.3 Å². The van der Waals surface area contributed by atoms with Gasteiger partial charge in [0.25, 0.3) is 0 Å². The maximum absolute atomic E-state index is 10.8. The Morgan fingerprint density at radius 1 is 1.45 bits per heavy atom. The van der Waals surface area contributed by atoms with Crippen LogP contribution in [0.5, 0.6) is 0 Å². The minimum Gasteiger partial charge on any atom is -0.214 e. The molecule has 1 unspecified atom stereocenters. The van der Waals surface area contributed by atoms with Gasteiger partial charge in [0.15, 0.2) is 0 Å². The highest BCUT2D eigenvalue weighted by Crippen LogP contribution is 1.99. The maximum Gasteiger partial charge on any atom is 0.211 e. The molecule has 0 heterocycles. The van der Waals surface area contributed by atoms with Gasteiger partial charge in [-0.2, -0.15) is 0 Å². The largest absolute Gasteiger partial charge is 0.214 e. The van der Waals surface area contributed by atoms with E-state index in [1.54, 1.807) is 6.92 Å². The fraction of sp³-hybridized carbons (Fsp3) is 1.00. The van der Waals surface area contributed by atoms with Gasteiger partial charge in [-0.3, -0.25) is 0 Å². The smallest absolute Gasteiger partial charge is 0.211 e. The Hall–Kier alpha value is 0.200. The minimum absolute atomic E-state index is 0.101. The van der Waals surface area contributed by atoms with Crippen LogP contribution < -0.4 is 4.72 Å². The Kier molecular flexibility index (Phi) is 5.04. The van der Waals surface area contributed by atoms with Crippen molar-refractivity contribution in [1.82, 2.24) is 4.72 Å². The molecule has 68 valence electrons. The monoisotopic (exact) mass is 199 g/mol. The van der Waals surface area contributed by atoms with Crippen LogP contribution in [0.1, 0.15) is 20.3 Å². The highest BCUT2D eigenvalue weighted by molar-refractivity contribution is 7.89. The van der Waals surface area contributed by atoms with Crippen molar-refractivity contribution in [2.24, 2.45) is 0 Å². The molecule has 0 aliphatic rings. The van der Waals surface area contributed by atoms with Crippen molar-refractivity contribution in [3.63, 3.8) is 0 Å². The highest BCUT2D eigenvalue weighted by atomic mass is 35.5. The molecule has 0 bridgehead atoms. The van der Waals surface area contributed by atoms with Crippen LogP contribution >= 0.6 is 11.6 Å². The predicted octanol–water partition coefficient (Wildman–Crippen LogP) is 0.943. The van der Waals surface area contributed by atoms with Crippen molar-refractivity contribution in [1.29, 1.82) is 0 Å². The first-order valence-electron chi connectivity index (χ1n) is 3.63. The van der Waals surface area contributed by atoms with Crippen LogP contribution in [0, 0.1) is 0 Å². The van der Waals surface area contributed by atoms with E-state index in [1.807, 2.05) is 6.92 Å². The molecule has 0 fully saturated rings. The van der Waals surface area contributed by atoms with Crippen LogP contribution in [0.15, 0.2) is 0 Å². The third kappa shape index (κ3) is 5.47. The third-order valence-electron chi connectivity index (χ3n) is 1.35. The second kappa shape index (κ2) is 4.95. The Morgan fingerprint density at radius 3 is 2.36 bits per heavy atom. The van der Waals surface area contributed by atoms with Gasteiger partial charge >= 0.3 is 0 Å². The first kappa shape index (κ1) is 11.2.